The van der Waals surface area contributed by atoms with Crippen LogP contribution in [0.3, 0.4) is 0 Å². The summed E-state index contributed by atoms with van der Waals surface area (Å²) in [4.78, 5) is 50.2. The number of halogens is 1. The molecule has 53 heavy (non-hydrogen) atoms. The number of piperidine rings is 1. The van der Waals surface area contributed by atoms with E-state index >= 15 is 0 Å². The Hall–Kier alpha value is -3.05. The fraction of sp³-hybridized carbons (Fsp3) is 0.667. The molecule has 0 radical (unpaired) electrons. The quantitative estimate of drug-likeness (QED) is 0.0611. The van der Waals surface area contributed by atoms with Crippen LogP contribution in [0.2, 0.25) is 5.28 Å². The second-order valence-corrected chi connectivity index (χ2v) is 15.1. The summed E-state index contributed by atoms with van der Waals surface area (Å²) >= 11 is 6.44. The Morgan fingerprint density at radius 3 is 2.26 bits per heavy atom. The van der Waals surface area contributed by atoms with Gasteiger partial charge in [0.05, 0.1) is 82.9 Å². The lowest BCUT2D eigenvalue weighted by molar-refractivity contribution is -0.0397. The largest absolute Gasteiger partial charge is 0.488 e. The molecule has 0 aromatic carbocycles. The summed E-state index contributed by atoms with van der Waals surface area (Å²) in [7, 11) is -3.99. The van der Waals surface area contributed by atoms with Gasteiger partial charge in [0.25, 0.3) is 0 Å². The Labute approximate surface area is 313 Å². The molecule has 0 saturated carbocycles. The Bertz CT molecular complexity index is 1640. The molecular formula is C33H47ClN8O10P+. The SMILES string of the molecule is C#CCOCCOCCOCCOCCOc1cnc(N2CCCC3(C2)CN(c2nc(Cl)nc4c2cnn4C2CCC(COC[P+](O)(O)O)O2)C3)nc1. The minimum atomic E-state index is -3.99. The predicted molar refractivity (Wildman–Crippen MR) is 194 cm³/mol. The molecule has 0 aliphatic carbocycles. The monoisotopic (exact) mass is 781 g/mol. The summed E-state index contributed by atoms with van der Waals surface area (Å²) < 4.78 is 40.4. The van der Waals surface area contributed by atoms with Crippen molar-refractivity contribution in [2.75, 3.05) is 108 Å². The number of ether oxygens (including phenoxy) is 7. The number of anilines is 2. The molecule has 3 fully saturated rings. The zero-order chi connectivity index (χ0) is 37.1. The van der Waals surface area contributed by atoms with Crippen molar-refractivity contribution in [3.63, 3.8) is 0 Å². The van der Waals surface area contributed by atoms with E-state index in [1.165, 1.54) is 0 Å². The number of nitrogens with zero attached hydrogens (tertiary/aromatic N) is 8. The lowest BCUT2D eigenvalue weighted by atomic mass is 9.73. The van der Waals surface area contributed by atoms with Crippen LogP contribution in [0, 0.1) is 17.8 Å². The number of fused-ring (bicyclic) bond motifs is 1. The van der Waals surface area contributed by atoms with Gasteiger partial charge in [-0.1, -0.05) is 5.92 Å². The van der Waals surface area contributed by atoms with Crippen LogP contribution in [-0.2, 0) is 28.4 Å². The molecule has 0 amide bonds. The highest BCUT2D eigenvalue weighted by molar-refractivity contribution is 7.58. The second kappa shape index (κ2) is 19.0. The molecule has 0 bridgehead atoms. The van der Waals surface area contributed by atoms with Crippen LogP contribution in [0.5, 0.6) is 5.75 Å². The number of hydrogen-bond acceptors (Lipinski definition) is 17. The van der Waals surface area contributed by atoms with Crippen LogP contribution in [0.1, 0.15) is 31.9 Å². The minimum absolute atomic E-state index is 0.0568. The first-order valence-electron chi connectivity index (χ1n) is 17.6. The maximum absolute atomic E-state index is 9.16. The molecule has 3 aliphatic heterocycles. The van der Waals surface area contributed by atoms with Crippen molar-refractivity contribution >= 4 is 42.3 Å². The topological polar surface area (TPSA) is 201 Å². The molecule has 6 heterocycles. The first-order valence-corrected chi connectivity index (χ1v) is 19.8. The maximum atomic E-state index is 9.16. The van der Waals surface area contributed by atoms with Gasteiger partial charge < -0.3 is 43.0 Å². The van der Waals surface area contributed by atoms with Gasteiger partial charge in [-0.15, -0.1) is 6.42 Å². The van der Waals surface area contributed by atoms with E-state index in [0.717, 1.165) is 50.2 Å². The lowest BCUT2D eigenvalue weighted by Crippen LogP contribution is -2.63. The van der Waals surface area contributed by atoms with E-state index in [-0.39, 0.29) is 23.4 Å². The molecule has 3 aliphatic rings. The molecule has 6 rings (SSSR count). The van der Waals surface area contributed by atoms with Crippen LogP contribution in [0.4, 0.5) is 11.8 Å². The number of aromatic nitrogens is 6. The van der Waals surface area contributed by atoms with Gasteiger partial charge in [0.1, 0.15) is 19.0 Å². The zero-order valence-corrected chi connectivity index (χ0v) is 31.2. The van der Waals surface area contributed by atoms with Gasteiger partial charge in [0.15, 0.2) is 17.6 Å². The van der Waals surface area contributed by atoms with Crippen LogP contribution >= 0.6 is 19.5 Å². The number of rotatable bonds is 21. The highest BCUT2D eigenvalue weighted by Gasteiger charge is 2.47. The molecule has 290 valence electrons. The molecule has 3 saturated heterocycles. The first-order chi connectivity index (χ1) is 25.7. The first kappa shape index (κ1) is 39.6. The smallest absolute Gasteiger partial charge is 0.431 e. The Kier molecular flexibility index (Phi) is 14.2. The van der Waals surface area contributed by atoms with Crippen molar-refractivity contribution in [3.05, 3.63) is 23.9 Å². The van der Waals surface area contributed by atoms with Gasteiger partial charge in [-0.3, -0.25) is 0 Å². The summed E-state index contributed by atoms with van der Waals surface area (Å²) in [5.41, 5.74) is 0.637. The van der Waals surface area contributed by atoms with Crippen LogP contribution in [0.15, 0.2) is 18.6 Å². The lowest BCUT2D eigenvalue weighted by Gasteiger charge is -2.55. The van der Waals surface area contributed by atoms with Gasteiger partial charge in [-0.2, -0.15) is 29.7 Å². The second-order valence-electron chi connectivity index (χ2n) is 13.2. The van der Waals surface area contributed by atoms with Crippen molar-refractivity contribution in [1.29, 1.82) is 0 Å². The molecular weight excluding hydrogens is 735 g/mol. The van der Waals surface area contributed by atoms with Crippen LogP contribution in [-0.4, -0.2) is 149 Å². The van der Waals surface area contributed by atoms with Crippen LogP contribution < -0.4 is 14.5 Å². The predicted octanol–water partition coefficient (Wildman–Crippen LogP) is 1.85. The summed E-state index contributed by atoms with van der Waals surface area (Å²) in [5.74, 6) is 4.39. The molecule has 3 aromatic rings. The summed E-state index contributed by atoms with van der Waals surface area (Å²) in [6, 6.07) is 0. The van der Waals surface area contributed by atoms with E-state index in [1.54, 1.807) is 23.3 Å². The number of hydrogen-bond donors (Lipinski definition) is 3. The van der Waals surface area contributed by atoms with Crippen molar-refractivity contribution < 1.29 is 47.8 Å². The highest BCUT2D eigenvalue weighted by atomic mass is 35.5. The fourth-order valence-electron chi connectivity index (χ4n) is 6.74. The fourth-order valence-corrected chi connectivity index (χ4v) is 7.25. The van der Waals surface area contributed by atoms with E-state index < -0.39 is 20.5 Å². The van der Waals surface area contributed by atoms with Gasteiger partial charge in [0.2, 0.25) is 17.6 Å². The van der Waals surface area contributed by atoms with Crippen LogP contribution in [0.25, 0.3) is 11.0 Å². The third-order valence-corrected chi connectivity index (χ3v) is 9.74. The average molecular weight is 782 g/mol. The Morgan fingerprint density at radius 2 is 1.57 bits per heavy atom. The van der Waals surface area contributed by atoms with Gasteiger partial charge >= 0.3 is 7.94 Å². The van der Waals surface area contributed by atoms with E-state index in [9.17, 15) is 0 Å². The van der Waals surface area contributed by atoms with Gasteiger partial charge in [-0.25, -0.2) is 14.6 Å². The van der Waals surface area contributed by atoms with E-state index in [2.05, 4.69) is 40.8 Å². The van der Waals surface area contributed by atoms with Gasteiger partial charge in [-0.05, 0) is 37.3 Å². The standard InChI is InChI=1S/C33H47ClN8O10P/c1-2-8-46-9-10-47-11-12-48-13-14-49-15-16-51-26-17-35-32(36-18-26)40-7-3-6-33(21-40)22-41(23-33)29-27-19-37-42(30(27)39-31(34)38-29)28-5-4-25(52-28)20-50-24-53(43,44)45/h1,17-19,25,28,43-45H,3-16,20-24H2/q+1. The van der Waals surface area contributed by atoms with Crippen molar-refractivity contribution in [3.8, 4) is 18.1 Å². The summed E-state index contributed by atoms with van der Waals surface area (Å²) in [6.07, 6.45) is 12.5. The molecule has 2 unspecified atom stereocenters. The molecule has 2 atom stereocenters. The van der Waals surface area contributed by atoms with E-state index in [1.807, 2.05) is 0 Å². The third-order valence-electron chi connectivity index (χ3n) is 9.04. The Balaban J connectivity index is 0.917. The third kappa shape index (κ3) is 11.2. The van der Waals surface area contributed by atoms with Crippen molar-refractivity contribution in [2.24, 2.45) is 5.41 Å². The summed E-state index contributed by atoms with van der Waals surface area (Å²) in [6.45, 7) is 7.32. The zero-order valence-electron chi connectivity index (χ0n) is 29.5. The minimum Gasteiger partial charge on any atom is -0.488 e. The average Bonchev–Trinajstić information content (AvgIpc) is 3.77. The summed E-state index contributed by atoms with van der Waals surface area (Å²) in [5, 5.41) is 5.49. The van der Waals surface area contributed by atoms with Gasteiger partial charge in [0, 0.05) is 31.6 Å². The molecule has 3 N–H and O–H groups in total. The normalized spacial score (nSPS) is 19.9. The molecule has 18 nitrogen and oxygen atoms in total. The molecule has 1 spiro atoms. The van der Waals surface area contributed by atoms with E-state index in [4.69, 9.17) is 65.9 Å². The molecule has 3 aromatic heterocycles. The molecule has 20 heteroatoms. The van der Waals surface area contributed by atoms with Crippen molar-refractivity contribution in [1.82, 2.24) is 29.7 Å². The Morgan fingerprint density at radius 1 is 0.887 bits per heavy atom. The van der Waals surface area contributed by atoms with Crippen molar-refractivity contribution in [2.45, 2.75) is 38.0 Å². The van der Waals surface area contributed by atoms with E-state index in [0.29, 0.717) is 89.6 Å². The maximum Gasteiger partial charge on any atom is 0.431 e. The number of terminal acetylenes is 1. The highest BCUT2D eigenvalue weighted by Crippen LogP contribution is 2.45.